The first-order valence-corrected chi connectivity index (χ1v) is 13.7. The summed E-state index contributed by atoms with van der Waals surface area (Å²) in [6.07, 6.45) is 5.11. The highest BCUT2D eigenvalue weighted by atomic mass is 16.5. The van der Waals surface area contributed by atoms with Gasteiger partial charge in [0, 0.05) is 43.1 Å². The minimum atomic E-state index is -0.437. The van der Waals surface area contributed by atoms with E-state index in [1.54, 1.807) is 18.7 Å². The number of aromatic nitrogens is 1. The first-order valence-electron chi connectivity index (χ1n) is 13.7. The fourth-order valence-electron chi connectivity index (χ4n) is 4.75. The van der Waals surface area contributed by atoms with Crippen LogP contribution < -0.4 is 0 Å². The van der Waals surface area contributed by atoms with Gasteiger partial charge >= 0.3 is 5.97 Å². The van der Waals surface area contributed by atoms with Gasteiger partial charge in [-0.15, -0.1) is 0 Å². The second-order valence-corrected chi connectivity index (χ2v) is 9.25. The van der Waals surface area contributed by atoms with Crippen molar-refractivity contribution in [2.45, 2.75) is 80.2 Å². The summed E-state index contributed by atoms with van der Waals surface area (Å²) in [4.78, 5) is 41.3. The summed E-state index contributed by atoms with van der Waals surface area (Å²) in [7, 11) is 0. The van der Waals surface area contributed by atoms with Crippen LogP contribution in [-0.2, 0) is 22.4 Å². The maximum atomic E-state index is 13.6. The number of Topliss-reactive ketones (excluding diaryl/α,β-unsaturated/α-hetero) is 1. The number of ketones is 1. The number of benzene rings is 1. The summed E-state index contributed by atoms with van der Waals surface area (Å²) in [6, 6.07) is 7.72. The summed E-state index contributed by atoms with van der Waals surface area (Å²) in [5, 5.41) is 0. The molecule has 0 bridgehead atoms. The first kappa shape index (κ1) is 30.3. The molecule has 1 amide bonds. The highest BCUT2D eigenvalue weighted by Gasteiger charge is 2.28. The van der Waals surface area contributed by atoms with Gasteiger partial charge in [0.15, 0.2) is 5.78 Å². The van der Waals surface area contributed by atoms with Crippen LogP contribution in [0, 0.1) is 13.8 Å². The van der Waals surface area contributed by atoms with Gasteiger partial charge in [-0.05, 0) is 77.1 Å². The van der Waals surface area contributed by atoms with Crippen LogP contribution in [0.1, 0.15) is 101 Å². The molecule has 0 aliphatic heterocycles. The van der Waals surface area contributed by atoms with E-state index in [-0.39, 0.29) is 24.8 Å². The van der Waals surface area contributed by atoms with E-state index in [9.17, 15) is 14.4 Å². The fraction of sp³-hybridized carbons (Fsp3) is 0.567. The number of nitrogens with zero attached hydrogens (tertiary/aromatic N) is 2. The molecule has 0 aliphatic carbocycles. The number of unbranched alkanes of at least 4 members (excludes halogenated alkanes) is 2. The zero-order chi connectivity index (χ0) is 27.4. The number of ether oxygens (including phenoxy) is 2. The Hall–Kier alpha value is -2.93. The predicted octanol–water partition coefficient (Wildman–Crippen LogP) is 5.79. The molecule has 0 atom stereocenters. The highest BCUT2D eigenvalue weighted by Crippen LogP contribution is 2.24. The van der Waals surface area contributed by atoms with Crippen LogP contribution in [-0.4, -0.2) is 60.0 Å². The maximum absolute atomic E-state index is 13.6. The minimum absolute atomic E-state index is 0.0686. The molecule has 2 aromatic rings. The quantitative estimate of drug-likeness (QED) is 0.162. The van der Waals surface area contributed by atoms with Crippen LogP contribution in [0.2, 0.25) is 0 Å². The molecule has 7 heteroatoms. The SMILES string of the molecule is CCCCCc1ccc(C(=O)N(CCCOCC)CC(=O)c2c(C)c(C(=O)OCC)n(CC)c2C)cc1. The molecule has 204 valence electrons. The van der Waals surface area contributed by atoms with Crippen LogP contribution in [0.15, 0.2) is 24.3 Å². The van der Waals surface area contributed by atoms with E-state index in [4.69, 9.17) is 9.47 Å². The monoisotopic (exact) mass is 512 g/mol. The first-order chi connectivity index (χ1) is 17.8. The molecule has 0 fully saturated rings. The smallest absolute Gasteiger partial charge is 0.355 e. The largest absolute Gasteiger partial charge is 0.461 e. The van der Waals surface area contributed by atoms with Crippen LogP contribution in [0.4, 0.5) is 0 Å². The molecule has 1 heterocycles. The molecular weight excluding hydrogens is 468 g/mol. The minimum Gasteiger partial charge on any atom is -0.461 e. The zero-order valence-electron chi connectivity index (χ0n) is 23.5. The second-order valence-electron chi connectivity index (χ2n) is 9.25. The van der Waals surface area contributed by atoms with Crippen molar-refractivity contribution >= 4 is 17.7 Å². The number of hydrogen-bond donors (Lipinski definition) is 0. The molecule has 0 unspecified atom stereocenters. The number of carbonyl (C=O) groups is 3. The van der Waals surface area contributed by atoms with Gasteiger partial charge < -0.3 is 18.9 Å². The lowest BCUT2D eigenvalue weighted by molar-refractivity contribution is 0.0512. The Morgan fingerprint density at radius 2 is 1.62 bits per heavy atom. The van der Waals surface area contributed by atoms with Crippen LogP contribution in [0.3, 0.4) is 0 Å². The van der Waals surface area contributed by atoms with Gasteiger partial charge in [0.05, 0.1) is 13.2 Å². The predicted molar refractivity (Wildman–Crippen MR) is 147 cm³/mol. The number of amides is 1. The topological polar surface area (TPSA) is 77.8 Å². The highest BCUT2D eigenvalue weighted by molar-refractivity contribution is 6.06. The molecule has 0 radical (unpaired) electrons. The van der Waals surface area contributed by atoms with Crippen molar-refractivity contribution in [3.8, 4) is 0 Å². The van der Waals surface area contributed by atoms with Crippen molar-refractivity contribution in [2.24, 2.45) is 0 Å². The number of carbonyl (C=O) groups excluding carboxylic acids is 3. The lowest BCUT2D eigenvalue weighted by Crippen LogP contribution is -2.37. The Morgan fingerprint density at radius 1 is 0.919 bits per heavy atom. The normalized spacial score (nSPS) is 11.0. The van der Waals surface area contributed by atoms with E-state index in [1.807, 2.05) is 49.6 Å². The third-order valence-electron chi connectivity index (χ3n) is 6.64. The molecule has 0 saturated carbocycles. The molecule has 2 rings (SSSR count). The number of hydrogen-bond acceptors (Lipinski definition) is 5. The average molecular weight is 513 g/mol. The van der Waals surface area contributed by atoms with Gasteiger partial charge in [-0.2, -0.15) is 0 Å². The van der Waals surface area contributed by atoms with Crippen molar-refractivity contribution in [2.75, 3.05) is 32.9 Å². The average Bonchev–Trinajstić information content (AvgIpc) is 3.15. The van der Waals surface area contributed by atoms with Crippen molar-refractivity contribution in [1.82, 2.24) is 9.47 Å². The second kappa shape index (κ2) is 15.4. The summed E-state index contributed by atoms with van der Waals surface area (Å²) in [5.41, 5.74) is 3.97. The summed E-state index contributed by atoms with van der Waals surface area (Å²) >= 11 is 0. The fourth-order valence-corrected chi connectivity index (χ4v) is 4.75. The number of esters is 1. The van der Waals surface area contributed by atoms with Crippen LogP contribution >= 0.6 is 0 Å². The van der Waals surface area contributed by atoms with E-state index >= 15 is 0 Å². The van der Waals surface area contributed by atoms with Gasteiger partial charge in [-0.1, -0.05) is 31.9 Å². The summed E-state index contributed by atoms with van der Waals surface area (Å²) in [5.74, 6) is -0.804. The standard InChI is InChI=1S/C30H44N2O5/c1-7-11-12-14-24-15-17-25(18-16-24)29(34)31(19-13-20-36-9-3)21-26(33)27-22(5)28(30(35)37-10-4)32(8-2)23(27)6/h15-18H,7-14,19-21H2,1-6H3. The molecule has 0 aliphatic rings. The molecule has 37 heavy (non-hydrogen) atoms. The molecule has 0 saturated heterocycles. The Kier molecular flexibility index (Phi) is 12.6. The lowest BCUT2D eigenvalue weighted by atomic mass is 10.0. The Bertz CT molecular complexity index is 1040. The number of rotatable bonds is 16. The van der Waals surface area contributed by atoms with Gasteiger partial charge in [0.2, 0.25) is 0 Å². The van der Waals surface area contributed by atoms with E-state index < -0.39 is 5.97 Å². The van der Waals surface area contributed by atoms with Gasteiger partial charge in [0.1, 0.15) is 5.69 Å². The van der Waals surface area contributed by atoms with Gasteiger partial charge in [-0.3, -0.25) is 9.59 Å². The van der Waals surface area contributed by atoms with Crippen molar-refractivity contribution in [1.29, 1.82) is 0 Å². The molecular formula is C30H44N2O5. The van der Waals surface area contributed by atoms with Crippen LogP contribution in [0.5, 0.6) is 0 Å². The maximum Gasteiger partial charge on any atom is 0.355 e. The van der Waals surface area contributed by atoms with Gasteiger partial charge in [-0.25, -0.2) is 4.79 Å². The molecule has 7 nitrogen and oxygen atoms in total. The Labute approximate surface area is 222 Å². The lowest BCUT2D eigenvalue weighted by Gasteiger charge is -2.22. The van der Waals surface area contributed by atoms with Crippen molar-refractivity contribution < 1.29 is 23.9 Å². The summed E-state index contributed by atoms with van der Waals surface area (Å²) in [6.45, 7) is 13.7. The third kappa shape index (κ3) is 8.03. The van der Waals surface area contributed by atoms with Crippen LogP contribution in [0.25, 0.3) is 0 Å². The molecule has 0 N–H and O–H groups in total. The Balaban J connectivity index is 2.30. The molecule has 0 spiro atoms. The van der Waals surface area contributed by atoms with Crippen molar-refractivity contribution in [3.63, 3.8) is 0 Å². The third-order valence-corrected chi connectivity index (χ3v) is 6.64. The van der Waals surface area contributed by atoms with E-state index in [0.29, 0.717) is 60.8 Å². The number of aryl methyl sites for hydroxylation is 1. The van der Waals surface area contributed by atoms with Crippen molar-refractivity contribution in [3.05, 3.63) is 57.9 Å². The molecule has 1 aromatic carbocycles. The Morgan fingerprint density at radius 3 is 2.22 bits per heavy atom. The van der Waals surface area contributed by atoms with E-state index in [2.05, 4.69) is 6.92 Å². The summed E-state index contributed by atoms with van der Waals surface area (Å²) < 4.78 is 12.5. The molecule has 1 aromatic heterocycles. The van der Waals surface area contributed by atoms with E-state index in [0.717, 1.165) is 12.8 Å². The zero-order valence-corrected chi connectivity index (χ0v) is 23.5. The van der Waals surface area contributed by atoms with E-state index in [1.165, 1.54) is 18.4 Å². The van der Waals surface area contributed by atoms with Gasteiger partial charge in [0.25, 0.3) is 5.91 Å².